The van der Waals surface area contributed by atoms with Crippen molar-refractivity contribution in [3.8, 4) is 22.9 Å². The molecule has 102 valence electrons. The second-order valence-corrected chi connectivity index (χ2v) is 4.15. The van der Waals surface area contributed by atoms with Crippen LogP contribution in [0.2, 0.25) is 0 Å². The fourth-order valence-corrected chi connectivity index (χ4v) is 2.04. The molecule has 6 nitrogen and oxygen atoms in total. The van der Waals surface area contributed by atoms with E-state index in [1.54, 1.807) is 18.9 Å². The highest BCUT2D eigenvalue weighted by atomic mass is 16.5. The largest absolute Gasteiger partial charge is 0.496 e. The topological polar surface area (TPSA) is 75.2 Å². The molecule has 0 atom stereocenters. The number of rotatable bonds is 4. The van der Waals surface area contributed by atoms with Crippen molar-refractivity contribution in [3.63, 3.8) is 0 Å². The third kappa shape index (κ3) is 2.26. The molecule has 19 heavy (non-hydrogen) atoms. The fraction of sp³-hybridized carbons (Fsp3) is 0.385. The molecule has 1 aromatic carbocycles. The van der Waals surface area contributed by atoms with Gasteiger partial charge in [-0.2, -0.15) is 5.10 Å². The van der Waals surface area contributed by atoms with Crippen molar-refractivity contribution in [1.82, 2.24) is 14.8 Å². The molecule has 2 rings (SSSR count). The molecule has 0 bridgehead atoms. The summed E-state index contributed by atoms with van der Waals surface area (Å²) in [7, 11) is 5.08. The lowest BCUT2D eigenvalue weighted by Crippen LogP contribution is -2.05. The number of nitrogens with two attached hydrogens (primary N) is 1. The summed E-state index contributed by atoms with van der Waals surface area (Å²) < 4.78 is 12.4. The van der Waals surface area contributed by atoms with E-state index in [2.05, 4.69) is 10.1 Å². The molecule has 0 aliphatic rings. The van der Waals surface area contributed by atoms with E-state index in [1.165, 1.54) is 0 Å². The number of hydrogen-bond acceptors (Lipinski definition) is 5. The minimum atomic E-state index is 0.348. The summed E-state index contributed by atoms with van der Waals surface area (Å²) in [5.41, 5.74) is 7.36. The van der Waals surface area contributed by atoms with Gasteiger partial charge in [0.05, 0.1) is 26.3 Å². The highest BCUT2D eigenvalue weighted by Gasteiger charge is 2.17. The summed E-state index contributed by atoms with van der Waals surface area (Å²) in [5, 5.41) is 4.36. The number of methoxy groups -OCH3 is 2. The number of ether oxygens (including phenoxy) is 2. The van der Waals surface area contributed by atoms with Crippen LogP contribution in [0.4, 0.5) is 0 Å². The van der Waals surface area contributed by atoms with Gasteiger partial charge in [0.2, 0.25) is 0 Å². The van der Waals surface area contributed by atoms with Gasteiger partial charge < -0.3 is 15.2 Å². The van der Waals surface area contributed by atoms with Gasteiger partial charge in [0.15, 0.2) is 5.82 Å². The van der Waals surface area contributed by atoms with Crippen LogP contribution in [0.5, 0.6) is 11.5 Å². The molecule has 0 saturated carbocycles. The summed E-state index contributed by atoms with van der Waals surface area (Å²) >= 11 is 0. The minimum absolute atomic E-state index is 0.348. The first kappa shape index (κ1) is 13.4. The van der Waals surface area contributed by atoms with Crippen LogP contribution in [-0.2, 0) is 13.6 Å². The molecular weight excluding hydrogens is 244 g/mol. The predicted octanol–water partition coefficient (Wildman–Crippen LogP) is 1.27. The average Bonchev–Trinajstić information content (AvgIpc) is 2.79. The monoisotopic (exact) mass is 262 g/mol. The number of benzene rings is 1. The van der Waals surface area contributed by atoms with E-state index in [-0.39, 0.29) is 0 Å². The molecule has 1 aromatic heterocycles. The minimum Gasteiger partial charge on any atom is -0.496 e. The standard InChI is InChI=1S/C13H18N4O2/c1-8-10(18-3)6-5-9(12(8)19-4)13-15-11(7-14)17(2)16-13/h5-6H,7,14H2,1-4H3. The number of hydrogen-bond donors (Lipinski definition) is 1. The maximum Gasteiger partial charge on any atom is 0.185 e. The highest BCUT2D eigenvalue weighted by Crippen LogP contribution is 2.36. The zero-order valence-electron chi connectivity index (χ0n) is 11.6. The van der Waals surface area contributed by atoms with Crippen molar-refractivity contribution in [2.45, 2.75) is 13.5 Å². The van der Waals surface area contributed by atoms with Crippen molar-refractivity contribution < 1.29 is 9.47 Å². The fourth-order valence-electron chi connectivity index (χ4n) is 2.04. The first-order valence-electron chi connectivity index (χ1n) is 5.94. The number of nitrogens with zero attached hydrogens (tertiary/aromatic N) is 3. The molecule has 0 fully saturated rings. The Balaban J connectivity index is 2.58. The molecule has 0 saturated heterocycles. The lowest BCUT2D eigenvalue weighted by atomic mass is 10.1. The van der Waals surface area contributed by atoms with Crippen LogP contribution in [0, 0.1) is 6.92 Å². The van der Waals surface area contributed by atoms with Crippen LogP contribution < -0.4 is 15.2 Å². The van der Waals surface area contributed by atoms with Gasteiger partial charge in [-0.25, -0.2) is 4.98 Å². The molecule has 0 spiro atoms. The van der Waals surface area contributed by atoms with E-state index in [4.69, 9.17) is 15.2 Å². The van der Waals surface area contributed by atoms with Crippen LogP contribution in [0.1, 0.15) is 11.4 Å². The van der Waals surface area contributed by atoms with Gasteiger partial charge in [0, 0.05) is 12.6 Å². The maximum absolute atomic E-state index is 5.61. The van der Waals surface area contributed by atoms with Crippen molar-refractivity contribution in [2.24, 2.45) is 12.8 Å². The molecule has 0 unspecified atom stereocenters. The van der Waals surface area contributed by atoms with E-state index in [1.807, 2.05) is 26.1 Å². The van der Waals surface area contributed by atoms with E-state index >= 15 is 0 Å². The normalized spacial score (nSPS) is 10.6. The first-order valence-corrected chi connectivity index (χ1v) is 5.94. The quantitative estimate of drug-likeness (QED) is 0.898. The van der Waals surface area contributed by atoms with Gasteiger partial charge >= 0.3 is 0 Å². The van der Waals surface area contributed by atoms with Crippen LogP contribution in [0.25, 0.3) is 11.4 Å². The van der Waals surface area contributed by atoms with Crippen molar-refractivity contribution in [1.29, 1.82) is 0 Å². The second-order valence-electron chi connectivity index (χ2n) is 4.15. The molecule has 0 amide bonds. The third-order valence-corrected chi connectivity index (χ3v) is 3.06. The van der Waals surface area contributed by atoms with Gasteiger partial charge in [0.1, 0.15) is 17.3 Å². The van der Waals surface area contributed by atoms with E-state index in [9.17, 15) is 0 Å². The third-order valence-electron chi connectivity index (χ3n) is 3.06. The Bertz CT molecular complexity index is 593. The van der Waals surface area contributed by atoms with Crippen LogP contribution in [0.3, 0.4) is 0 Å². The van der Waals surface area contributed by atoms with Gasteiger partial charge in [0.25, 0.3) is 0 Å². The summed E-state index contributed by atoms with van der Waals surface area (Å²) in [6.45, 7) is 2.29. The van der Waals surface area contributed by atoms with E-state index < -0.39 is 0 Å². The van der Waals surface area contributed by atoms with Crippen LogP contribution in [0.15, 0.2) is 12.1 Å². The van der Waals surface area contributed by atoms with Crippen LogP contribution in [-0.4, -0.2) is 29.0 Å². The Morgan fingerprint density at radius 1 is 1.26 bits per heavy atom. The zero-order valence-corrected chi connectivity index (χ0v) is 11.6. The summed E-state index contributed by atoms with van der Waals surface area (Å²) in [5.74, 6) is 2.82. The smallest absolute Gasteiger partial charge is 0.185 e. The second kappa shape index (κ2) is 5.27. The summed E-state index contributed by atoms with van der Waals surface area (Å²) in [4.78, 5) is 4.41. The summed E-state index contributed by atoms with van der Waals surface area (Å²) in [6, 6.07) is 3.77. The molecule has 6 heteroatoms. The predicted molar refractivity (Wildman–Crippen MR) is 72.2 cm³/mol. The van der Waals surface area contributed by atoms with Gasteiger partial charge in [-0.1, -0.05) is 0 Å². The number of aryl methyl sites for hydroxylation is 1. The van der Waals surface area contributed by atoms with E-state index in [0.717, 1.165) is 22.7 Å². The molecule has 0 radical (unpaired) electrons. The lowest BCUT2D eigenvalue weighted by molar-refractivity contribution is 0.389. The van der Waals surface area contributed by atoms with Crippen molar-refractivity contribution in [3.05, 3.63) is 23.5 Å². The van der Waals surface area contributed by atoms with Crippen molar-refractivity contribution >= 4 is 0 Å². The lowest BCUT2D eigenvalue weighted by Gasteiger charge is -2.12. The average molecular weight is 262 g/mol. The zero-order chi connectivity index (χ0) is 14.0. The van der Waals surface area contributed by atoms with Gasteiger partial charge in [-0.3, -0.25) is 4.68 Å². The first-order chi connectivity index (χ1) is 9.12. The SMILES string of the molecule is COc1ccc(-c2nc(CN)n(C)n2)c(OC)c1C. The van der Waals surface area contributed by atoms with Gasteiger partial charge in [-0.05, 0) is 19.1 Å². The molecule has 0 aliphatic carbocycles. The molecule has 0 aliphatic heterocycles. The Kier molecular flexibility index (Phi) is 3.71. The Labute approximate surface area is 112 Å². The maximum atomic E-state index is 5.61. The summed E-state index contributed by atoms with van der Waals surface area (Å²) in [6.07, 6.45) is 0. The van der Waals surface area contributed by atoms with E-state index in [0.29, 0.717) is 18.1 Å². The van der Waals surface area contributed by atoms with Gasteiger partial charge in [-0.15, -0.1) is 0 Å². The Hall–Kier alpha value is -2.08. The molecule has 2 N–H and O–H groups in total. The number of aromatic nitrogens is 3. The Morgan fingerprint density at radius 3 is 2.53 bits per heavy atom. The van der Waals surface area contributed by atoms with Crippen LogP contribution >= 0.6 is 0 Å². The molecular formula is C13H18N4O2. The van der Waals surface area contributed by atoms with Crippen molar-refractivity contribution in [2.75, 3.05) is 14.2 Å². The highest BCUT2D eigenvalue weighted by molar-refractivity contribution is 5.69. The molecule has 1 heterocycles. The Morgan fingerprint density at radius 2 is 2.00 bits per heavy atom. The molecule has 2 aromatic rings.